The molecule has 2 aliphatic carbocycles. The van der Waals surface area contributed by atoms with Crippen LogP contribution >= 0.6 is 0 Å². The Hall–Kier alpha value is -4.48. The lowest BCUT2D eigenvalue weighted by atomic mass is 9.84. The Bertz CT molecular complexity index is 1710. The lowest BCUT2D eigenvalue weighted by Crippen LogP contribution is -2.25. The van der Waals surface area contributed by atoms with Crippen molar-refractivity contribution in [1.29, 1.82) is 0 Å². The average molecular weight is 771 g/mol. The van der Waals surface area contributed by atoms with Gasteiger partial charge in [-0.2, -0.15) is 9.97 Å². The molecule has 56 heavy (non-hydrogen) atoms. The van der Waals surface area contributed by atoms with Gasteiger partial charge < -0.3 is 18.9 Å². The second-order valence-electron chi connectivity index (χ2n) is 16.8. The molecule has 0 spiro atoms. The normalized spacial score (nSPS) is 16.4. The molecule has 304 valence electrons. The molecule has 2 fully saturated rings. The largest absolute Gasteiger partial charge is 0.481 e. The van der Waals surface area contributed by atoms with Gasteiger partial charge in [0.2, 0.25) is 11.8 Å². The second-order valence-corrected chi connectivity index (χ2v) is 16.8. The van der Waals surface area contributed by atoms with Crippen molar-refractivity contribution in [2.75, 3.05) is 0 Å². The van der Waals surface area contributed by atoms with Crippen LogP contribution in [0.25, 0.3) is 0 Å². The zero-order chi connectivity index (χ0) is 39.6. The fourth-order valence-electron chi connectivity index (χ4n) is 8.06. The molecule has 2 saturated carbocycles. The number of esters is 1. The van der Waals surface area contributed by atoms with E-state index in [0.717, 1.165) is 48.6 Å². The molecular weight excluding hydrogens is 709 g/mol. The lowest BCUT2D eigenvalue weighted by molar-refractivity contribution is -0.155. The summed E-state index contributed by atoms with van der Waals surface area (Å²) in [5, 5.41) is 17.4. The van der Waals surface area contributed by atoms with E-state index in [-0.39, 0.29) is 30.6 Å². The quantitative estimate of drug-likeness (QED) is 0.0953. The summed E-state index contributed by atoms with van der Waals surface area (Å²) >= 11 is 0. The van der Waals surface area contributed by atoms with Gasteiger partial charge in [0.15, 0.2) is 11.6 Å². The summed E-state index contributed by atoms with van der Waals surface area (Å²) in [5.74, 6) is 2.50. The maximum Gasteiger partial charge on any atom is 0.307 e. The number of pyridine rings is 2. The SMILES string of the molecule is CC(C)(C)OC(=O)C[C@@H](CCCC1CCCCC1)c1nc(Cc2cccnc2)no1.O=C(O)C[C@@H](CCCC1CCCCC1)c1nc(Cc2cccnc2)no1. The van der Waals surface area contributed by atoms with Crippen LogP contribution in [0.5, 0.6) is 0 Å². The highest BCUT2D eigenvalue weighted by molar-refractivity contribution is 5.70. The van der Waals surface area contributed by atoms with Crippen LogP contribution in [-0.4, -0.2) is 52.9 Å². The van der Waals surface area contributed by atoms with Crippen LogP contribution in [0.2, 0.25) is 0 Å². The zero-order valence-electron chi connectivity index (χ0n) is 33.7. The number of nitrogens with zero attached hydrogens (tertiary/aromatic N) is 6. The molecule has 4 aromatic rings. The van der Waals surface area contributed by atoms with Crippen molar-refractivity contribution in [2.24, 2.45) is 11.8 Å². The first kappa shape index (κ1) is 42.7. The molecule has 12 heteroatoms. The smallest absolute Gasteiger partial charge is 0.307 e. The molecule has 0 aliphatic heterocycles. The zero-order valence-corrected chi connectivity index (χ0v) is 33.7. The van der Waals surface area contributed by atoms with Gasteiger partial charge in [-0.05, 0) is 68.7 Å². The predicted octanol–water partition coefficient (Wildman–Crippen LogP) is 9.99. The molecule has 0 saturated heterocycles. The van der Waals surface area contributed by atoms with Gasteiger partial charge in [0, 0.05) is 49.5 Å². The molecule has 6 rings (SSSR count). The molecule has 1 N–H and O–H groups in total. The standard InChI is InChI=1S/C24H35N3O3.C20H27N3O3/c1-24(2,3)29-22(28)16-20(13-7-11-18-9-5-4-6-10-18)23-26-21(27-30-23)15-19-12-8-14-25-17-19;24-19(25)13-17(10-4-8-15-6-2-1-3-7-15)20-22-18(23-26-20)12-16-9-5-11-21-14-16/h8,12,14,17-18,20H,4-7,9-11,13,15-16H2,1-3H3;5,9,11,14-15,17H,1-4,6-8,10,12-13H2,(H,24,25)/t20-;17-/m11/s1. The minimum absolute atomic E-state index is 0.0409. The van der Waals surface area contributed by atoms with Crippen LogP contribution in [-0.2, 0) is 27.2 Å². The molecule has 0 aromatic carbocycles. The number of rotatable bonds is 18. The van der Waals surface area contributed by atoms with Crippen LogP contribution < -0.4 is 0 Å². The second kappa shape index (κ2) is 22.3. The van der Waals surface area contributed by atoms with E-state index in [0.29, 0.717) is 36.3 Å². The number of hydrogen-bond acceptors (Lipinski definition) is 11. The Labute approximate surface area is 332 Å². The number of carboxylic acids is 1. The highest BCUT2D eigenvalue weighted by Gasteiger charge is 2.27. The van der Waals surface area contributed by atoms with Crippen molar-refractivity contribution in [3.8, 4) is 0 Å². The minimum atomic E-state index is -0.820. The van der Waals surface area contributed by atoms with Gasteiger partial charge >= 0.3 is 11.9 Å². The van der Waals surface area contributed by atoms with Crippen molar-refractivity contribution >= 4 is 11.9 Å². The van der Waals surface area contributed by atoms with Crippen molar-refractivity contribution in [3.63, 3.8) is 0 Å². The molecule has 2 aliphatic rings. The first-order valence-electron chi connectivity index (χ1n) is 21.0. The molecule has 12 nitrogen and oxygen atoms in total. The summed E-state index contributed by atoms with van der Waals surface area (Å²) in [6.45, 7) is 5.67. The van der Waals surface area contributed by atoms with E-state index in [1.165, 1.54) is 77.0 Å². The summed E-state index contributed by atoms with van der Waals surface area (Å²) in [4.78, 5) is 41.0. The van der Waals surface area contributed by atoms with E-state index in [4.69, 9.17) is 13.8 Å². The van der Waals surface area contributed by atoms with Crippen LogP contribution in [0.3, 0.4) is 0 Å². The van der Waals surface area contributed by atoms with Crippen molar-refractivity contribution in [3.05, 3.63) is 83.6 Å². The van der Waals surface area contributed by atoms with Crippen molar-refractivity contribution < 1.29 is 28.5 Å². The van der Waals surface area contributed by atoms with Crippen molar-refractivity contribution in [1.82, 2.24) is 30.2 Å². The van der Waals surface area contributed by atoms with Crippen molar-refractivity contribution in [2.45, 2.75) is 167 Å². The van der Waals surface area contributed by atoms with Gasteiger partial charge in [0.25, 0.3) is 0 Å². The first-order valence-corrected chi connectivity index (χ1v) is 21.0. The third-order valence-corrected chi connectivity index (χ3v) is 10.9. The van der Waals surface area contributed by atoms with E-state index in [9.17, 15) is 14.7 Å². The summed E-state index contributed by atoms with van der Waals surface area (Å²) in [6.07, 6.45) is 28.0. The maximum atomic E-state index is 12.5. The van der Waals surface area contributed by atoms with Gasteiger partial charge in [0.05, 0.1) is 12.8 Å². The third-order valence-electron chi connectivity index (χ3n) is 10.9. The number of carbonyl (C=O) groups is 2. The molecule has 4 heterocycles. The van der Waals surface area contributed by atoms with Gasteiger partial charge in [0.1, 0.15) is 5.60 Å². The molecule has 0 unspecified atom stereocenters. The molecule has 0 amide bonds. The fraction of sp³-hybridized carbons (Fsp3) is 0.636. The summed E-state index contributed by atoms with van der Waals surface area (Å²) in [6, 6.07) is 7.72. The average Bonchev–Trinajstić information content (AvgIpc) is 3.85. The molecule has 0 bridgehead atoms. The Morgan fingerprint density at radius 3 is 1.61 bits per heavy atom. The minimum Gasteiger partial charge on any atom is -0.481 e. The van der Waals surface area contributed by atoms with Crippen LogP contribution in [0.4, 0.5) is 0 Å². The number of hydrogen-bond donors (Lipinski definition) is 1. The Balaban J connectivity index is 0.000000216. The van der Waals surface area contributed by atoms with Crippen LogP contribution in [0.15, 0.2) is 58.1 Å². The Morgan fingerprint density at radius 2 is 1.20 bits per heavy atom. The highest BCUT2D eigenvalue weighted by atomic mass is 16.6. The van der Waals surface area contributed by atoms with Crippen LogP contribution in [0, 0.1) is 11.8 Å². The summed E-state index contributed by atoms with van der Waals surface area (Å²) in [5.41, 5.74) is 1.54. The molecular formula is C44H62N6O6. The van der Waals surface area contributed by atoms with Crippen LogP contribution in [0.1, 0.15) is 183 Å². The van der Waals surface area contributed by atoms with E-state index >= 15 is 0 Å². The molecule has 2 atom stereocenters. The Morgan fingerprint density at radius 1 is 0.732 bits per heavy atom. The number of ether oxygens (including phenoxy) is 1. The Kier molecular flexibility index (Phi) is 17.0. The van der Waals surface area contributed by atoms with E-state index in [1.54, 1.807) is 24.8 Å². The maximum absolute atomic E-state index is 12.5. The van der Waals surface area contributed by atoms with E-state index < -0.39 is 11.6 Å². The van der Waals surface area contributed by atoms with Gasteiger partial charge in [-0.3, -0.25) is 19.6 Å². The number of aromatic nitrogens is 6. The topological polar surface area (TPSA) is 167 Å². The van der Waals surface area contributed by atoms with Gasteiger partial charge in [-0.15, -0.1) is 0 Å². The first-order chi connectivity index (χ1) is 27.1. The van der Waals surface area contributed by atoms with E-state index in [2.05, 4.69) is 30.2 Å². The number of aliphatic carboxylic acids is 1. The summed E-state index contributed by atoms with van der Waals surface area (Å²) in [7, 11) is 0. The molecule has 4 aromatic heterocycles. The number of carbonyl (C=O) groups excluding carboxylic acids is 1. The highest BCUT2D eigenvalue weighted by Crippen LogP contribution is 2.33. The fourth-order valence-corrected chi connectivity index (χ4v) is 8.06. The predicted molar refractivity (Wildman–Crippen MR) is 212 cm³/mol. The van der Waals surface area contributed by atoms with Gasteiger partial charge in [-0.25, -0.2) is 0 Å². The monoisotopic (exact) mass is 770 g/mol. The number of carboxylic acid groups (broad SMARTS) is 1. The summed E-state index contributed by atoms with van der Waals surface area (Å²) < 4.78 is 16.5. The lowest BCUT2D eigenvalue weighted by Gasteiger charge is -2.23. The molecule has 0 radical (unpaired) electrons. The third kappa shape index (κ3) is 15.6. The van der Waals surface area contributed by atoms with Gasteiger partial charge in [-0.1, -0.05) is 112 Å². The van der Waals surface area contributed by atoms with E-state index in [1.807, 2.05) is 45.0 Å².